The van der Waals surface area contributed by atoms with Crippen molar-refractivity contribution in [2.75, 3.05) is 32.6 Å². The first-order valence-electron chi connectivity index (χ1n) is 8.67. The maximum Gasteiger partial charge on any atom is 0.272 e. The first-order valence-corrected chi connectivity index (χ1v) is 10.5. The Morgan fingerprint density at radius 3 is 2.36 bits per heavy atom. The van der Waals surface area contributed by atoms with Gasteiger partial charge in [-0.05, 0) is 25.0 Å². The third-order valence-electron chi connectivity index (χ3n) is 4.64. The molecule has 1 saturated heterocycles. The SMILES string of the molecule is COc1cc(OC)c(NC(=O)c2cc(S(=O)(=O)N3CCCC3)cn2C)cc1Cl. The maximum absolute atomic E-state index is 12.8. The van der Waals surface area contributed by atoms with Gasteiger partial charge in [-0.15, -0.1) is 0 Å². The van der Waals surface area contributed by atoms with E-state index in [1.165, 1.54) is 41.4 Å². The Labute approximate surface area is 169 Å². The van der Waals surface area contributed by atoms with Crippen molar-refractivity contribution in [3.05, 3.63) is 35.1 Å². The van der Waals surface area contributed by atoms with Gasteiger partial charge >= 0.3 is 0 Å². The molecule has 0 saturated carbocycles. The highest BCUT2D eigenvalue weighted by Gasteiger charge is 2.29. The van der Waals surface area contributed by atoms with E-state index < -0.39 is 15.9 Å². The van der Waals surface area contributed by atoms with Crippen LogP contribution in [0.5, 0.6) is 11.5 Å². The number of benzene rings is 1. The summed E-state index contributed by atoms with van der Waals surface area (Å²) >= 11 is 6.13. The van der Waals surface area contributed by atoms with Crippen LogP contribution in [0.15, 0.2) is 29.3 Å². The molecule has 10 heteroatoms. The number of halogens is 1. The van der Waals surface area contributed by atoms with Crippen molar-refractivity contribution >= 4 is 33.2 Å². The summed E-state index contributed by atoms with van der Waals surface area (Å²) in [6, 6.07) is 4.45. The number of rotatable bonds is 6. The zero-order chi connectivity index (χ0) is 20.5. The van der Waals surface area contributed by atoms with E-state index >= 15 is 0 Å². The standard InChI is InChI=1S/C18H22ClN3O5S/c1-21-11-12(28(24,25)22-6-4-5-7-22)8-15(21)18(23)20-14-9-13(19)16(26-2)10-17(14)27-3/h8-11H,4-7H2,1-3H3,(H,20,23). The highest BCUT2D eigenvalue weighted by Crippen LogP contribution is 2.36. The molecule has 28 heavy (non-hydrogen) atoms. The molecule has 2 aromatic rings. The fourth-order valence-electron chi connectivity index (χ4n) is 3.12. The number of amides is 1. The van der Waals surface area contributed by atoms with E-state index in [0.29, 0.717) is 35.3 Å². The Kier molecular flexibility index (Phi) is 5.87. The highest BCUT2D eigenvalue weighted by molar-refractivity contribution is 7.89. The summed E-state index contributed by atoms with van der Waals surface area (Å²) in [5.41, 5.74) is 0.551. The van der Waals surface area contributed by atoms with Gasteiger partial charge < -0.3 is 19.4 Å². The van der Waals surface area contributed by atoms with E-state index in [0.717, 1.165) is 12.8 Å². The number of anilines is 1. The van der Waals surface area contributed by atoms with E-state index in [2.05, 4.69) is 5.32 Å². The van der Waals surface area contributed by atoms with Gasteiger partial charge in [-0.3, -0.25) is 4.79 Å². The number of hydrogen-bond acceptors (Lipinski definition) is 5. The Morgan fingerprint density at radius 1 is 1.11 bits per heavy atom. The molecule has 8 nitrogen and oxygen atoms in total. The molecule has 0 bridgehead atoms. The average molecular weight is 428 g/mol. The van der Waals surface area contributed by atoms with Crippen LogP contribution in [0, 0.1) is 0 Å². The van der Waals surface area contributed by atoms with Gasteiger partial charge in [-0.1, -0.05) is 11.6 Å². The van der Waals surface area contributed by atoms with E-state index in [1.54, 1.807) is 13.1 Å². The van der Waals surface area contributed by atoms with Crippen molar-refractivity contribution in [3.8, 4) is 11.5 Å². The zero-order valence-corrected chi connectivity index (χ0v) is 17.4. The van der Waals surface area contributed by atoms with Crippen molar-refractivity contribution in [2.45, 2.75) is 17.7 Å². The summed E-state index contributed by atoms with van der Waals surface area (Å²) in [5, 5.41) is 3.02. The molecule has 0 unspecified atom stereocenters. The van der Waals surface area contributed by atoms with Gasteiger partial charge in [0.05, 0.1) is 24.9 Å². The molecule has 1 aliphatic heterocycles. The monoisotopic (exact) mass is 427 g/mol. The van der Waals surface area contributed by atoms with Crippen LogP contribution in [0.25, 0.3) is 0 Å². The van der Waals surface area contributed by atoms with Crippen molar-refractivity contribution < 1.29 is 22.7 Å². The van der Waals surface area contributed by atoms with Gasteiger partial charge in [0.25, 0.3) is 5.91 Å². The second-order valence-electron chi connectivity index (χ2n) is 6.42. The summed E-state index contributed by atoms with van der Waals surface area (Å²) in [6.45, 7) is 1.00. The number of hydrogen-bond donors (Lipinski definition) is 1. The van der Waals surface area contributed by atoms with Crippen LogP contribution in [-0.4, -0.2) is 50.5 Å². The largest absolute Gasteiger partial charge is 0.495 e. The van der Waals surface area contributed by atoms with E-state index in [9.17, 15) is 13.2 Å². The van der Waals surface area contributed by atoms with Crippen LogP contribution in [0.2, 0.25) is 5.02 Å². The Hall–Kier alpha value is -2.23. The Bertz CT molecular complexity index is 997. The second-order valence-corrected chi connectivity index (χ2v) is 8.77. The number of sulfonamides is 1. The van der Waals surface area contributed by atoms with Crippen LogP contribution in [-0.2, 0) is 17.1 Å². The quantitative estimate of drug-likeness (QED) is 0.765. The third kappa shape index (κ3) is 3.82. The molecule has 0 atom stereocenters. The van der Waals surface area contributed by atoms with E-state index in [1.807, 2.05) is 0 Å². The molecule has 1 aromatic heterocycles. The molecule has 3 rings (SSSR count). The fourth-order valence-corrected chi connectivity index (χ4v) is 4.95. The summed E-state index contributed by atoms with van der Waals surface area (Å²) in [4.78, 5) is 12.9. The van der Waals surface area contributed by atoms with E-state index in [4.69, 9.17) is 21.1 Å². The highest BCUT2D eigenvalue weighted by atomic mass is 35.5. The van der Waals surface area contributed by atoms with Crippen LogP contribution >= 0.6 is 11.6 Å². The van der Waals surface area contributed by atoms with Crippen molar-refractivity contribution in [1.82, 2.24) is 8.87 Å². The zero-order valence-electron chi connectivity index (χ0n) is 15.9. The lowest BCUT2D eigenvalue weighted by Gasteiger charge is -2.13. The number of aryl methyl sites for hydroxylation is 1. The number of nitrogens with one attached hydrogen (secondary N) is 1. The predicted molar refractivity (Wildman–Crippen MR) is 106 cm³/mol. The normalized spacial score (nSPS) is 14.9. The number of aromatic nitrogens is 1. The number of carbonyl (C=O) groups is 1. The Balaban J connectivity index is 1.88. The minimum Gasteiger partial charge on any atom is -0.495 e. The van der Waals surface area contributed by atoms with Crippen molar-refractivity contribution in [1.29, 1.82) is 0 Å². The lowest BCUT2D eigenvalue weighted by molar-refractivity contribution is 0.101. The topological polar surface area (TPSA) is 89.9 Å². The first-order chi connectivity index (χ1) is 13.3. The van der Waals surface area contributed by atoms with Crippen LogP contribution in [0.4, 0.5) is 5.69 Å². The molecular weight excluding hydrogens is 406 g/mol. The molecule has 0 aliphatic carbocycles. The molecule has 1 aliphatic rings. The molecule has 152 valence electrons. The molecule has 0 spiro atoms. The average Bonchev–Trinajstić information content (AvgIpc) is 3.32. The minimum absolute atomic E-state index is 0.0989. The molecule has 2 heterocycles. The number of nitrogens with zero attached hydrogens (tertiary/aromatic N) is 2. The Morgan fingerprint density at radius 2 is 1.75 bits per heavy atom. The molecule has 1 fully saturated rings. The van der Waals surface area contributed by atoms with Crippen LogP contribution in [0.3, 0.4) is 0 Å². The van der Waals surface area contributed by atoms with Crippen LogP contribution < -0.4 is 14.8 Å². The van der Waals surface area contributed by atoms with Crippen LogP contribution in [0.1, 0.15) is 23.3 Å². The number of methoxy groups -OCH3 is 2. The van der Waals surface area contributed by atoms with Gasteiger partial charge in [0.2, 0.25) is 10.0 Å². The first kappa shape index (κ1) is 20.5. The molecular formula is C18H22ClN3O5S. The summed E-state index contributed by atoms with van der Waals surface area (Å²) in [5.74, 6) is 0.299. The van der Waals surface area contributed by atoms with Crippen molar-refractivity contribution in [2.24, 2.45) is 7.05 Å². The van der Waals surface area contributed by atoms with Gasteiger partial charge in [-0.25, -0.2) is 8.42 Å². The van der Waals surface area contributed by atoms with Gasteiger partial charge in [0.15, 0.2) is 0 Å². The van der Waals surface area contributed by atoms with E-state index in [-0.39, 0.29) is 10.6 Å². The number of carbonyl (C=O) groups excluding carboxylic acids is 1. The molecule has 1 amide bonds. The molecule has 1 N–H and O–H groups in total. The van der Waals surface area contributed by atoms with Gasteiger partial charge in [0, 0.05) is 32.4 Å². The summed E-state index contributed by atoms with van der Waals surface area (Å²) in [6.07, 6.45) is 3.13. The lowest BCUT2D eigenvalue weighted by atomic mass is 10.2. The predicted octanol–water partition coefficient (Wildman–Crippen LogP) is 2.73. The summed E-state index contributed by atoms with van der Waals surface area (Å²) < 4.78 is 38.8. The summed E-state index contributed by atoms with van der Waals surface area (Å²) in [7, 11) is 0.953. The fraction of sp³-hybridized carbons (Fsp3) is 0.389. The molecule has 0 radical (unpaired) electrons. The number of ether oxygens (including phenoxy) is 2. The minimum atomic E-state index is -3.61. The second kappa shape index (κ2) is 8.02. The molecule has 1 aromatic carbocycles. The maximum atomic E-state index is 12.8. The smallest absolute Gasteiger partial charge is 0.272 e. The lowest BCUT2D eigenvalue weighted by Crippen LogP contribution is -2.27. The van der Waals surface area contributed by atoms with Gasteiger partial charge in [-0.2, -0.15) is 4.31 Å². The van der Waals surface area contributed by atoms with Crippen molar-refractivity contribution in [3.63, 3.8) is 0 Å². The third-order valence-corrected chi connectivity index (χ3v) is 6.80. The van der Waals surface area contributed by atoms with Gasteiger partial charge in [0.1, 0.15) is 22.1 Å².